The van der Waals surface area contributed by atoms with Crippen LogP contribution in [0, 0.1) is 19.0 Å². The van der Waals surface area contributed by atoms with Gasteiger partial charge >= 0.3 is 0 Å². The molecule has 0 fully saturated rings. The van der Waals surface area contributed by atoms with Crippen LogP contribution in [-0.2, 0) is 21.1 Å². The molecule has 0 spiro atoms. The van der Waals surface area contributed by atoms with Crippen molar-refractivity contribution in [3.8, 4) is 5.82 Å². The van der Waals surface area contributed by atoms with Gasteiger partial charge in [0.25, 0.3) is 0 Å². The molecule has 0 unspecified atom stereocenters. The molecule has 1 N–H and O–H groups in total. The van der Waals surface area contributed by atoms with E-state index in [1.165, 1.54) is 0 Å². The molecule has 7 aromatic rings. The Balaban J connectivity index is 0.00000378. The summed E-state index contributed by atoms with van der Waals surface area (Å²) in [6, 6.07) is 47.4. The number of pyridine rings is 1. The van der Waals surface area contributed by atoms with Crippen molar-refractivity contribution in [3.63, 3.8) is 0 Å². The van der Waals surface area contributed by atoms with Crippen molar-refractivity contribution >= 4 is 55.9 Å². The molecule has 0 amide bonds. The number of hydrogen-bond donors (Lipinski definition) is 0. The molecule has 0 saturated carbocycles. The zero-order valence-corrected chi connectivity index (χ0v) is 27.5. The minimum atomic E-state index is -2.26. The first-order chi connectivity index (χ1) is 23.3. The topological polar surface area (TPSA) is 40.3 Å². The maximum Gasteiger partial charge on any atom is 0.145 e. The Labute approximate surface area is 287 Å². The van der Waals surface area contributed by atoms with Crippen molar-refractivity contribution in [1.82, 2.24) is 9.55 Å². The maximum atomic E-state index is 8.02. The zero-order valence-electron chi connectivity index (χ0n) is 28.2. The Bertz CT molecular complexity index is 2290. The molecule has 0 saturated heterocycles. The van der Waals surface area contributed by atoms with Crippen LogP contribution in [-0.4, -0.2) is 20.5 Å². The first kappa shape index (κ1) is 26.3. The van der Waals surface area contributed by atoms with Gasteiger partial charge in [0.1, 0.15) is 17.2 Å². The van der Waals surface area contributed by atoms with E-state index < -0.39 is 6.85 Å². The molecule has 8 rings (SSSR count). The minimum Gasteiger partial charge on any atom is -0.358 e. The van der Waals surface area contributed by atoms with E-state index in [2.05, 4.69) is 78.3 Å². The summed E-state index contributed by atoms with van der Waals surface area (Å²) in [7, 11) is 0. The quantitative estimate of drug-likeness (QED) is 0.124. The third-order valence-electron chi connectivity index (χ3n) is 8.06. The van der Waals surface area contributed by atoms with Gasteiger partial charge in [-0.25, -0.2) is 4.98 Å². The number of aromatic nitrogens is 2. The molecule has 0 radical (unpaired) electrons. The van der Waals surface area contributed by atoms with Crippen molar-refractivity contribution in [2.45, 2.75) is 26.7 Å². The number of anilines is 6. The van der Waals surface area contributed by atoms with Gasteiger partial charge in [-0.15, -0.1) is 45.8 Å². The Morgan fingerprint density at radius 1 is 0.761 bits per heavy atom. The number of nitrogens with zero attached hydrogens (tertiary/aromatic N) is 5. The average molecular weight is 785 g/mol. The fourth-order valence-electron chi connectivity index (χ4n) is 6.06. The SMILES string of the molecule is [2H]C([2H])([2H])c1ccnc(-n2c3[c-]c(N(c4[c-]c(N5[OH+]N(C(C)C)c6ccccc65)ccc4)c4ccccc4)ccc3c3ccccc32)c1.[Pt]. The number of benzene rings is 5. The number of para-hydroxylation sites is 4. The van der Waals surface area contributed by atoms with Gasteiger partial charge in [-0.1, -0.05) is 65.4 Å². The number of hydrogen-bond acceptors (Lipinski definition) is 4. The van der Waals surface area contributed by atoms with Gasteiger partial charge < -0.3 is 9.47 Å². The summed E-state index contributed by atoms with van der Waals surface area (Å²) in [6.45, 7) is 1.99. The summed E-state index contributed by atoms with van der Waals surface area (Å²) < 4.78 is 26.0. The number of aryl methyl sites for hydroxylation is 1. The molecule has 6 nitrogen and oxygen atoms in total. The Morgan fingerprint density at radius 2 is 1.52 bits per heavy atom. The van der Waals surface area contributed by atoms with Crippen LogP contribution in [0.2, 0.25) is 0 Å². The minimum absolute atomic E-state index is 0. The average Bonchev–Trinajstić information content (AvgIpc) is 3.65. The van der Waals surface area contributed by atoms with Crippen LogP contribution in [0.15, 0.2) is 128 Å². The van der Waals surface area contributed by atoms with Crippen LogP contribution in [0.3, 0.4) is 0 Å². The van der Waals surface area contributed by atoms with Gasteiger partial charge in [0, 0.05) is 48.3 Å². The molecule has 230 valence electrons. The molecule has 0 atom stereocenters. The first-order valence-electron chi connectivity index (χ1n) is 16.5. The third kappa shape index (κ3) is 5.04. The molecule has 0 aliphatic carbocycles. The Hall–Kier alpha value is -4.90. The van der Waals surface area contributed by atoms with Crippen LogP contribution >= 0.6 is 0 Å². The van der Waals surface area contributed by atoms with E-state index >= 15 is 0 Å². The van der Waals surface area contributed by atoms with E-state index in [0.717, 1.165) is 55.9 Å². The summed E-state index contributed by atoms with van der Waals surface area (Å²) >= 11 is 0. The molecule has 46 heavy (non-hydrogen) atoms. The molecule has 3 heterocycles. The molecule has 2 aromatic heterocycles. The number of hydroxylamine groups is 1. The van der Waals surface area contributed by atoms with Crippen molar-refractivity contribution in [3.05, 3.63) is 145 Å². The van der Waals surface area contributed by atoms with Crippen LogP contribution in [0.25, 0.3) is 27.6 Å². The summed E-state index contributed by atoms with van der Waals surface area (Å²) in [5, 5.41) is 5.99. The summed E-state index contributed by atoms with van der Waals surface area (Å²) in [4.78, 5) is 11.7. The zero-order chi connectivity index (χ0) is 33.0. The second-order valence-electron chi connectivity index (χ2n) is 11.3. The van der Waals surface area contributed by atoms with Gasteiger partial charge in [-0.2, -0.15) is 17.1 Å². The molecule has 0 bridgehead atoms. The number of fused-ring (bicyclic) bond motifs is 4. The second kappa shape index (κ2) is 12.1. The largest absolute Gasteiger partial charge is 0.358 e. The van der Waals surface area contributed by atoms with Gasteiger partial charge in [-0.3, -0.25) is 0 Å². The van der Waals surface area contributed by atoms with Gasteiger partial charge in [0.15, 0.2) is 0 Å². The summed E-state index contributed by atoms with van der Waals surface area (Å²) in [5.74, 6) is 0.520. The van der Waals surface area contributed by atoms with Crippen LogP contribution < -0.4 is 15.0 Å². The van der Waals surface area contributed by atoms with Crippen LogP contribution in [0.5, 0.6) is 0 Å². The Morgan fingerprint density at radius 3 is 2.35 bits per heavy atom. The van der Waals surface area contributed by atoms with Crippen molar-refractivity contribution in [2.24, 2.45) is 0 Å². The molecular formula is C39H32N5OPt-. The monoisotopic (exact) mass is 784 g/mol. The summed E-state index contributed by atoms with van der Waals surface area (Å²) in [6.07, 6.45) is 1.56. The van der Waals surface area contributed by atoms with Crippen molar-refractivity contribution in [2.75, 3.05) is 15.0 Å². The number of rotatable bonds is 6. The third-order valence-corrected chi connectivity index (χ3v) is 8.06. The van der Waals surface area contributed by atoms with E-state index in [4.69, 9.17) is 9.05 Å². The normalized spacial score (nSPS) is 13.8. The molecule has 7 heteroatoms. The van der Waals surface area contributed by atoms with E-state index in [-0.39, 0.29) is 32.7 Å². The van der Waals surface area contributed by atoms with Gasteiger partial charge in [0.05, 0.1) is 6.04 Å². The fourth-order valence-corrected chi connectivity index (χ4v) is 6.06. The second-order valence-corrected chi connectivity index (χ2v) is 11.3. The van der Waals surface area contributed by atoms with Crippen molar-refractivity contribution in [1.29, 1.82) is 0 Å². The van der Waals surface area contributed by atoms with E-state index in [1.807, 2.05) is 81.4 Å². The van der Waals surface area contributed by atoms with Crippen LogP contribution in [0.4, 0.5) is 34.1 Å². The molecule has 5 aromatic carbocycles. The predicted octanol–water partition coefficient (Wildman–Crippen LogP) is 9.76. The van der Waals surface area contributed by atoms with Gasteiger partial charge in [-0.05, 0) is 74.1 Å². The molecule has 1 aliphatic heterocycles. The fraction of sp³-hybridized carbons (Fsp3) is 0.103. The van der Waals surface area contributed by atoms with E-state index in [0.29, 0.717) is 5.82 Å². The van der Waals surface area contributed by atoms with Crippen LogP contribution in [0.1, 0.15) is 23.5 Å². The smallest absolute Gasteiger partial charge is 0.145 e. The van der Waals surface area contributed by atoms with E-state index in [1.54, 1.807) is 18.3 Å². The molecular weight excluding hydrogens is 750 g/mol. The van der Waals surface area contributed by atoms with Crippen molar-refractivity contribution < 1.29 is 30.1 Å². The Kier molecular flexibility index (Phi) is 6.94. The standard InChI is InChI=1S/C39H31N5O.Pt/c1-27(2)43-36-18-9-10-19-37(36)44(45-43)32-15-11-14-30(25-32)41(29-12-5-4-6-13-29)31-20-21-34-33-16-7-8-17-35(33)42(38(34)26-31)39-24-28(3)22-23-40-39;/h4-24,27H,1-3H3;/q-2;/p+1/i3D3;. The predicted molar refractivity (Wildman–Crippen MR) is 184 cm³/mol. The molecule has 1 aliphatic rings. The summed E-state index contributed by atoms with van der Waals surface area (Å²) in [5.41, 5.74) is 7.34. The van der Waals surface area contributed by atoms with E-state index in [9.17, 15) is 0 Å². The first-order valence-corrected chi connectivity index (χ1v) is 15.0. The van der Waals surface area contributed by atoms with Gasteiger partial charge in [0.2, 0.25) is 0 Å². The maximum absolute atomic E-state index is 8.02.